The molecule has 0 aliphatic heterocycles. The highest BCUT2D eigenvalue weighted by atomic mass is 19.4. The van der Waals surface area contributed by atoms with Crippen LogP contribution in [0.2, 0.25) is 0 Å². The second-order valence-electron chi connectivity index (χ2n) is 13.7. The fourth-order valence-corrected chi connectivity index (χ4v) is 9.00. The molecular weight excluding hydrogens is 587 g/mol. The normalized spacial score (nSPS) is 36.4. The predicted molar refractivity (Wildman–Crippen MR) is 151 cm³/mol. The molecule has 9 atom stereocenters. The summed E-state index contributed by atoms with van der Waals surface area (Å²) in [5.74, 6) is -4.80. The van der Waals surface area contributed by atoms with Crippen molar-refractivity contribution in [1.82, 2.24) is 5.32 Å². The van der Waals surface area contributed by atoms with E-state index in [1.165, 1.54) is 6.92 Å². The Balaban J connectivity index is 0.000000676. The van der Waals surface area contributed by atoms with Gasteiger partial charge in [0.05, 0.1) is 18.8 Å². The molecule has 0 saturated heterocycles. The second-order valence-corrected chi connectivity index (χ2v) is 13.7. The van der Waals surface area contributed by atoms with E-state index in [9.17, 15) is 32.7 Å². The number of carbonyl (C=O) groups is 4. The van der Waals surface area contributed by atoms with E-state index in [2.05, 4.69) is 25.7 Å². The van der Waals surface area contributed by atoms with Crippen molar-refractivity contribution < 1.29 is 56.8 Å². The number of ketones is 1. The van der Waals surface area contributed by atoms with Gasteiger partial charge in [0.15, 0.2) is 5.78 Å². The summed E-state index contributed by atoms with van der Waals surface area (Å²) in [6, 6.07) is -0.537. The summed E-state index contributed by atoms with van der Waals surface area (Å²) in [4.78, 5) is 48.7. The number of aliphatic hydroxyl groups excluding tert-OH is 1. The Labute approximate surface area is 256 Å². The van der Waals surface area contributed by atoms with E-state index in [1.807, 2.05) is 13.8 Å². The summed E-state index contributed by atoms with van der Waals surface area (Å²) in [7, 11) is 3.32. The first-order valence-electron chi connectivity index (χ1n) is 15.0. The SMILES string of the molecule is C=C1C(=O)[C@]23[C@H](OC(=O)[C@@H](NC)C(C)C)[C@H]1C[C@H](O)[C@H]2[C@]1(COC(C)=O)CCCC(C)(C)[C@H]1C[C@H]3OC.O=C(O)C(F)(F)F. The van der Waals surface area contributed by atoms with E-state index >= 15 is 0 Å². The molecule has 4 fully saturated rings. The first kappa shape index (κ1) is 36.0. The van der Waals surface area contributed by atoms with Crippen molar-refractivity contribution in [3.8, 4) is 0 Å². The number of fused-ring (bicyclic) bond motifs is 3. The van der Waals surface area contributed by atoms with Gasteiger partial charge in [0.2, 0.25) is 0 Å². The molecule has 4 rings (SSSR count). The van der Waals surface area contributed by atoms with E-state index in [1.54, 1.807) is 14.2 Å². The van der Waals surface area contributed by atoms with Crippen molar-refractivity contribution in [3.05, 3.63) is 12.2 Å². The Kier molecular flexibility index (Phi) is 10.4. The molecule has 4 aliphatic carbocycles. The number of esters is 2. The van der Waals surface area contributed by atoms with Crippen LogP contribution >= 0.6 is 0 Å². The Hall–Kier alpha value is -2.51. The molecule has 3 N–H and O–H groups in total. The van der Waals surface area contributed by atoms with E-state index in [4.69, 9.17) is 24.1 Å². The van der Waals surface area contributed by atoms with Crippen LogP contribution in [0, 0.1) is 39.9 Å². The molecule has 1 spiro atoms. The Morgan fingerprint density at radius 2 is 1.75 bits per heavy atom. The summed E-state index contributed by atoms with van der Waals surface area (Å²) in [6.07, 6.45) is -3.89. The predicted octanol–water partition coefficient (Wildman–Crippen LogP) is 3.69. The van der Waals surface area contributed by atoms with Crippen molar-refractivity contribution in [3.63, 3.8) is 0 Å². The third-order valence-corrected chi connectivity index (χ3v) is 10.6. The molecule has 250 valence electrons. The highest BCUT2D eigenvalue weighted by Crippen LogP contribution is 2.72. The highest BCUT2D eigenvalue weighted by Gasteiger charge is 2.78. The zero-order valence-corrected chi connectivity index (χ0v) is 26.5. The molecule has 2 bridgehead atoms. The summed E-state index contributed by atoms with van der Waals surface area (Å²) in [5.41, 5.74) is -1.67. The summed E-state index contributed by atoms with van der Waals surface area (Å²) in [6.45, 7) is 14.0. The van der Waals surface area contributed by atoms with Crippen LogP contribution in [0.15, 0.2) is 12.2 Å². The fraction of sp³-hybridized carbons (Fsp3) is 0.806. The summed E-state index contributed by atoms with van der Waals surface area (Å²) >= 11 is 0. The highest BCUT2D eigenvalue weighted by molar-refractivity contribution is 6.05. The van der Waals surface area contributed by atoms with Crippen LogP contribution in [0.25, 0.3) is 0 Å². The number of hydrogen-bond acceptors (Lipinski definition) is 9. The number of carbonyl (C=O) groups excluding carboxylic acids is 3. The van der Waals surface area contributed by atoms with Gasteiger partial charge in [0.25, 0.3) is 0 Å². The van der Waals surface area contributed by atoms with Gasteiger partial charge < -0.3 is 29.7 Å². The number of likely N-dealkylation sites (N-methyl/N-ethyl adjacent to an activating group) is 1. The van der Waals surface area contributed by atoms with Gasteiger partial charge in [-0.3, -0.25) is 14.4 Å². The average molecular weight is 634 g/mol. The maximum Gasteiger partial charge on any atom is 0.490 e. The zero-order chi connectivity index (χ0) is 33.6. The minimum atomic E-state index is -5.08. The lowest BCUT2D eigenvalue weighted by Crippen LogP contribution is -2.72. The lowest BCUT2D eigenvalue weighted by atomic mass is 9.39. The standard InChI is InChI=1S/C29H45NO7.C2HF3O2/c1-15(2)22(30-7)26(34)37-25-18-12-19(32)23-28(14-36-17(4)31)11-9-10-27(5,6)20(28)13-21(35-8)29(23,25)24(33)16(18)3;3-2(4,5)1(6)7/h15,18-23,25,30,32H,3,9-14H2,1-2,4-8H3;(H,6,7)/t18-,19-,20+,21+,22-,23-,25+,28-,29+;/m0./s1. The molecule has 4 aliphatic rings. The lowest BCUT2D eigenvalue weighted by Gasteiger charge is -2.67. The van der Waals surface area contributed by atoms with Crippen molar-refractivity contribution in [2.75, 3.05) is 20.8 Å². The van der Waals surface area contributed by atoms with Crippen molar-refractivity contribution >= 4 is 23.7 Å². The van der Waals surface area contributed by atoms with Crippen LogP contribution in [0.5, 0.6) is 0 Å². The third kappa shape index (κ3) is 5.91. The number of hydrogen-bond donors (Lipinski definition) is 3. The first-order valence-corrected chi connectivity index (χ1v) is 15.0. The Bertz CT molecular complexity index is 1150. The van der Waals surface area contributed by atoms with Gasteiger partial charge in [-0.2, -0.15) is 13.2 Å². The molecule has 0 aromatic heterocycles. The topological polar surface area (TPSA) is 148 Å². The number of carboxylic acid groups (broad SMARTS) is 1. The number of methoxy groups -OCH3 is 1. The summed E-state index contributed by atoms with van der Waals surface area (Å²) < 4.78 is 49.9. The zero-order valence-electron chi connectivity index (χ0n) is 26.5. The number of aliphatic carboxylic acids is 1. The van der Waals surface area contributed by atoms with Crippen molar-refractivity contribution in [2.45, 2.75) is 97.3 Å². The quantitative estimate of drug-likeness (QED) is 0.280. The van der Waals surface area contributed by atoms with Gasteiger partial charge in [0.1, 0.15) is 17.6 Å². The lowest BCUT2D eigenvalue weighted by molar-refractivity contribution is -0.272. The van der Waals surface area contributed by atoms with E-state index < -0.39 is 65.1 Å². The van der Waals surface area contributed by atoms with E-state index in [0.717, 1.165) is 12.8 Å². The monoisotopic (exact) mass is 633 g/mol. The van der Waals surface area contributed by atoms with Gasteiger partial charge in [0, 0.05) is 31.3 Å². The number of Topliss-reactive ketones (excluding diaryl/α,β-unsaturated/α-hetero) is 1. The average Bonchev–Trinajstić information content (AvgIpc) is 3.03. The van der Waals surface area contributed by atoms with Gasteiger partial charge in [-0.1, -0.05) is 40.7 Å². The van der Waals surface area contributed by atoms with Crippen LogP contribution in [0.1, 0.15) is 66.7 Å². The third-order valence-electron chi connectivity index (χ3n) is 10.6. The molecule has 0 aromatic carbocycles. The number of alkyl halides is 3. The fourth-order valence-electron chi connectivity index (χ4n) is 9.00. The molecule has 0 heterocycles. The van der Waals surface area contributed by atoms with Crippen LogP contribution in [0.4, 0.5) is 13.2 Å². The molecular formula is C31H46F3NO9. The van der Waals surface area contributed by atoms with Crippen molar-refractivity contribution in [2.24, 2.45) is 39.9 Å². The van der Waals surface area contributed by atoms with Crippen LogP contribution < -0.4 is 5.32 Å². The number of rotatable bonds is 7. The van der Waals surface area contributed by atoms with Crippen molar-refractivity contribution in [1.29, 1.82) is 0 Å². The molecule has 0 unspecified atom stereocenters. The smallest absolute Gasteiger partial charge is 0.475 e. The molecule has 13 heteroatoms. The van der Waals surface area contributed by atoms with Gasteiger partial charge in [-0.15, -0.1) is 0 Å². The van der Waals surface area contributed by atoms with Gasteiger partial charge >= 0.3 is 24.1 Å². The van der Waals surface area contributed by atoms with Crippen LogP contribution in [0.3, 0.4) is 0 Å². The summed E-state index contributed by atoms with van der Waals surface area (Å²) in [5, 5.41) is 22.0. The molecule has 44 heavy (non-hydrogen) atoms. The largest absolute Gasteiger partial charge is 0.490 e. The first-order chi connectivity index (χ1) is 20.2. The molecule has 10 nitrogen and oxygen atoms in total. The molecule has 0 radical (unpaired) electrons. The number of aliphatic hydroxyl groups is 1. The molecule has 0 aromatic rings. The van der Waals surface area contributed by atoms with Crippen LogP contribution in [-0.4, -0.2) is 85.2 Å². The minimum absolute atomic E-state index is 0.0139. The minimum Gasteiger partial charge on any atom is -0.475 e. The van der Waals surface area contributed by atoms with Gasteiger partial charge in [-0.25, -0.2) is 4.79 Å². The second kappa shape index (κ2) is 12.7. The maximum atomic E-state index is 14.3. The number of ether oxygens (including phenoxy) is 3. The van der Waals surface area contributed by atoms with E-state index in [0.29, 0.717) is 18.4 Å². The van der Waals surface area contributed by atoms with E-state index in [-0.39, 0.29) is 42.0 Å². The number of halogens is 3. The number of nitrogens with one attached hydrogen (secondary N) is 1. The maximum absolute atomic E-state index is 14.3. The van der Waals surface area contributed by atoms with Crippen LogP contribution in [-0.2, 0) is 33.4 Å². The van der Waals surface area contributed by atoms with Gasteiger partial charge in [-0.05, 0) is 55.6 Å². The Morgan fingerprint density at radius 1 is 1.16 bits per heavy atom. The number of carboxylic acids is 1. The Morgan fingerprint density at radius 3 is 2.23 bits per heavy atom. The molecule has 4 saturated carbocycles. The molecule has 0 amide bonds.